The van der Waals surface area contributed by atoms with Gasteiger partial charge in [-0.1, -0.05) is 29.8 Å². The minimum atomic E-state index is -0.441. The van der Waals surface area contributed by atoms with Crippen LogP contribution in [0.3, 0.4) is 0 Å². The predicted molar refractivity (Wildman–Crippen MR) is 60.5 cm³/mol. The molecule has 3 nitrogen and oxygen atoms in total. The summed E-state index contributed by atoms with van der Waals surface area (Å²) in [5.41, 5.74) is 1.76. The highest BCUT2D eigenvalue weighted by Crippen LogP contribution is 2.31. The molecule has 0 fully saturated rings. The summed E-state index contributed by atoms with van der Waals surface area (Å²) < 4.78 is 9.67. The van der Waals surface area contributed by atoms with Crippen LogP contribution in [-0.4, -0.2) is 13.1 Å². The highest BCUT2D eigenvalue weighted by molar-refractivity contribution is 6.33. The summed E-state index contributed by atoms with van der Waals surface area (Å²) >= 11 is 6.04. The zero-order valence-corrected chi connectivity index (χ0v) is 9.32. The van der Waals surface area contributed by atoms with Crippen LogP contribution in [0.15, 0.2) is 41.2 Å². The number of carbonyl (C=O) groups excluding carboxylic acids is 1. The van der Waals surface area contributed by atoms with Gasteiger partial charge >= 0.3 is 5.97 Å². The summed E-state index contributed by atoms with van der Waals surface area (Å²) in [6, 6.07) is 7.24. The first-order valence-electron chi connectivity index (χ1n) is 4.63. The van der Waals surface area contributed by atoms with Gasteiger partial charge in [0.1, 0.15) is 11.8 Å². The van der Waals surface area contributed by atoms with Crippen molar-refractivity contribution in [1.29, 1.82) is 0 Å². The molecule has 0 saturated carbocycles. The predicted octanol–water partition coefficient (Wildman–Crippen LogP) is 3.39. The van der Waals surface area contributed by atoms with E-state index < -0.39 is 5.97 Å². The Bertz CT molecular complexity index is 516. The standard InChI is InChI=1S/C12H9ClO3/c1-15-12(14)10-7-16-6-9(10)8-4-2-3-5-11(8)13/h2-7H,1H3. The van der Waals surface area contributed by atoms with E-state index in [0.29, 0.717) is 16.1 Å². The van der Waals surface area contributed by atoms with Gasteiger partial charge in [0.25, 0.3) is 0 Å². The van der Waals surface area contributed by atoms with Crippen molar-refractivity contribution in [3.8, 4) is 11.1 Å². The number of methoxy groups -OCH3 is 1. The largest absolute Gasteiger partial charge is 0.471 e. The molecule has 0 saturated heterocycles. The van der Waals surface area contributed by atoms with E-state index in [1.165, 1.54) is 19.6 Å². The van der Waals surface area contributed by atoms with Crippen molar-refractivity contribution in [3.05, 3.63) is 47.4 Å². The van der Waals surface area contributed by atoms with Gasteiger partial charge in [0, 0.05) is 16.1 Å². The lowest BCUT2D eigenvalue weighted by atomic mass is 10.1. The summed E-state index contributed by atoms with van der Waals surface area (Å²) in [5, 5.41) is 0.564. The monoisotopic (exact) mass is 236 g/mol. The molecular weight excluding hydrogens is 228 g/mol. The molecule has 0 aliphatic carbocycles. The Hall–Kier alpha value is -1.74. The molecule has 0 aliphatic rings. The molecule has 4 heteroatoms. The van der Waals surface area contributed by atoms with Crippen molar-refractivity contribution in [3.63, 3.8) is 0 Å². The molecule has 0 spiro atoms. The fraction of sp³-hybridized carbons (Fsp3) is 0.0833. The summed E-state index contributed by atoms with van der Waals surface area (Å²) in [4.78, 5) is 11.5. The van der Waals surface area contributed by atoms with E-state index in [1.807, 2.05) is 18.2 Å². The first-order chi connectivity index (χ1) is 7.74. The van der Waals surface area contributed by atoms with Gasteiger partial charge in [0.2, 0.25) is 0 Å². The zero-order chi connectivity index (χ0) is 11.5. The number of esters is 1. The minimum Gasteiger partial charge on any atom is -0.471 e. The van der Waals surface area contributed by atoms with Crippen LogP contribution < -0.4 is 0 Å². The first kappa shape index (κ1) is 10.8. The van der Waals surface area contributed by atoms with Crippen LogP contribution in [0.2, 0.25) is 5.02 Å². The minimum absolute atomic E-state index is 0.371. The Kier molecular flexibility index (Phi) is 2.97. The fourth-order valence-corrected chi connectivity index (χ4v) is 1.69. The highest BCUT2D eigenvalue weighted by atomic mass is 35.5. The molecule has 1 aromatic carbocycles. The van der Waals surface area contributed by atoms with E-state index in [9.17, 15) is 4.79 Å². The van der Waals surface area contributed by atoms with Crippen LogP contribution in [0.25, 0.3) is 11.1 Å². The average molecular weight is 237 g/mol. The molecule has 0 atom stereocenters. The lowest BCUT2D eigenvalue weighted by Gasteiger charge is -2.03. The number of ether oxygens (including phenoxy) is 1. The van der Waals surface area contributed by atoms with Crippen LogP contribution in [0.1, 0.15) is 10.4 Å². The zero-order valence-electron chi connectivity index (χ0n) is 8.57. The van der Waals surface area contributed by atoms with Crippen LogP contribution in [-0.2, 0) is 4.74 Å². The third-order valence-electron chi connectivity index (χ3n) is 2.23. The quantitative estimate of drug-likeness (QED) is 0.751. The maximum absolute atomic E-state index is 11.5. The van der Waals surface area contributed by atoms with Gasteiger partial charge in [-0.3, -0.25) is 0 Å². The van der Waals surface area contributed by atoms with Gasteiger partial charge in [0.15, 0.2) is 0 Å². The van der Waals surface area contributed by atoms with Crippen molar-refractivity contribution in [2.75, 3.05) is 7.11 Å². The second-order valence-electron chi connectivity index (χ2n) is 3.17. The van der Waals surface area contributed by atoms with E-state index in [1.54, 1.807) is 6.07 Å². The van der Waals surface area contributed by atoms with Crippen molar-refractivity contribution in [2.45, 2.75) is 0 Å². The number of benzene rings is 1. The second-order valence-corrected chi connectivity index (χ2v) is 3.58. The van der Waals surface area contributed by atoms with Crippen LogP contribution in [0.5, 0.6) is 0 Å². The molecule has 0 aliphatic heterocycles. The summed E-state index contributed by atoms with van der Waals surface area (Å²) in [7, 11) is 1.33. The first-order valence-corrected chi connectivity index (χ1v) is 5.01. The molecule has 0 unspecified atom stereocenters. The van der Waals surface area contributed by atoms with Gasteiger partial charge < -0.3 is 9.15 Å². The SMILES string of the molecule is COC(=O)c1cocc1-c1ccccc1Cl. The van der Waals surface area contributed by atoms with Crippen molar-refractivity contribution in [1.82, 2.24) is 0 Å². The van der Waals surface area contributed by atoms with Crippen molar-refractivity contribution in [2.24, 2.45) is 0 Å². The van der Waals surface area contributed by atoms with E-state index in [-0.39, 0.29) is 0 Å². The van der Waals surface area contributed by atoms with E-state index in [0.717, 1.165) is 5.56 Å². The van der Waals surface area contributed by atoms with Crippen LogP contribution >= 0.6 is 11.6 Å². The Labute approximate surface area is 97.6 Å². The molecule has 0 radical (unpaired) electrons. The molecule has 0 N–H and O–H groups in total. The lowest BCUT2D eigenvalue weighted by Crippen LogP contribution is -2.00. The van der Waals surface area contributed by atoms with E-state index in [2.05, 4.69) is 4.74 Å². The number of rotatable bonds is 2. The van der Waals surface area contributed by atoms with Gasteiger partial charge in [-0.05, 0) is 6.07 Å². The Morgan fingerprint density at radius 1 is 1.25 bits per heavy atom. The maximum Gasteiger partial charge on any atom is 0.341 e. The van der Waals surface area contributed by atoms with Crippen LogP contribution in [0.4, 0.5) is 0 Å². The average Bonchev–Trinajstić information content (AvgIpc) is 2.77. The van der Waals surface area contributed by atoms with Crippen LogP contribution in [0, 0.1) is 0 Å². The Balaban J connectivity index is 2.53. The number of furan rings is 1. The lowest BCUT2D eigenvalue weighted by molar-refractivity contribution is 0.0601. The Morgan fingerprint density at radius 3 is 2.69 bits per heavy atom. The second kappa shape index (κ2) is 4.41. The molecular formula is C12H9ClO3. The van der Waals surface area contributed by atoms with E-state index in [4.69, 9.17) is 16.0 Å². The summed E-state index contributed by atoms with van der Waals surface area (Å²) in [6.45, 7) is 0. The Morgan fingerprint density at radius 2 is 2.00 bits per heavy atom. The molecule has 82 valence electrons. The van der Waals surface area contributed by atoms with Gasteiger partial charge in [-0.25, -0.2) is 4.79 Å². The molecule has 0 bridgehead atoms. The van der Waals surface area contributed by atoms with Crippen molar-refractivity contribution < 1.29 is 13.9 Å². The van der Waals surface area contributed by atoms with Gasteiger partial charge in [0.05, 0.1) is 13.4 Å². The topological polar surface area (TPSA) is 39.4 Å². The number of halogens is 1. The number of hydrogen-bond donors (Lipinski definition) is 0. The molecule has 2 aromatic rings. The summed E-state index contributed by atoms with van der Waals surface area (Å²) in [6.07, 6.45) is 2.83. The highest BCUT2D eigenvalue weighted by Gasteiger charge is 2.17. The normalized spacial score (nSPS) is 10.1. The fourth-order valence-electron chi connectivity index (χ4n) is 1.45. The van der Waals surface area contributed by atoms with E-state index >= 15 is 0 Å². The molecule has 1 aromatic heterocycles. The smallest absolute Gasteiger partial charge is 0.341 e. The number of carbonyl (C=O) groups is 1. The maximum atomic E-state index is 11.5. The molecule has 2 rings (SSSR count). The summed E-state index contributed by atoms with van der Waals surface area (Å²) in [5.74, 6) is -0.441. The van der Waals surface area contributed by atoms with Gasteiger partial charge in [-0.15, -0.1) is 0 Å². The molecule has 1 heterocycles. The number of hydrogen-bond acceptors (Lipinski definition) is 3. The molecule has 16 heavy (non-hydrogen) atoms. The van der Waals surface area contributed by atoms with Gasteiger partial charge in [-0.2, -0.15) is 0 Å². The van der Waals surface area contributed by atoms with Crippen molar-refractivity contribution >= 4 is 17.6 Å². The molecule has 0 amide bonds. The third kappa shape index (κ3) is 1.82. The third-order valence-corrected chi connectivity index (χ3v) is 2.56.